The molecule has 1 aliphatic carbocycles. The third-order valence-corrected chi connectivity index (χ3v) is 6.00. The largest absolute Gasteiger partial charge is 0.354 e. The lowest BCUT2D eigenvalue weighted by atomic mass is 9.97. The molecule has 2 heterocycles. The summed E-state index contributed by atoms with van der Waals surface area (Å²) in [6.45, 7) is 0.605. The average molecular weight is 394 g/mol. The van der Waals surface area contributed by atoms with Crippen LogP contribution in [0.15, 0.2) is 58.5 Å². The number of rotatable bonds is 6. The van der Waals surface area contributed by atoms with Crippen LogP contribution in [0.4, 0.5) is 0 Å². The van der Waals surface area contributed by atoms with Gasteiger partial charge in [0.15, 0.2) is 0 Å². The number of allylic oxidation sites excluding steroid dienone is 1. The van der Waals surface area contributed by atoms with Crippen molar-refractivity contribution in [2.24, 2.45) is 0 Å². The Morgan fingerprint density at radius 1 is 1.21 bits per heavy atom. The van der Waals surface area contributed by atoms with Crippen LogP contribution in [-0.4, -0.2) is 22.0 Å². The first-order chi connectivity index (χ1) is 13.7. The second-order valence-electron chi connectivity index (χ2n) is 7.08. The van der Waals surface area contributed by atoms with Gasteiger partial charge in [0.2, 0.25) is 5.91 Å². The zero-order chi connectivity index (χ0) is 19.3. The number of nitrogens with one attached hydrogen (secondary N) is 1. The van der Waals surface area contributed by atoms with E-state index in [1.165, 1.54) is 40.6 Å². The number of nitrogens with zero attached hydrogens (tertiary/aromatic N) is 2. The molecule has 28 heavy (non-hydrogen) atoms. The van der Waals surface area contributed by atoms with Gasteiger partial charge in [-0.15, -0.1) is 11.3 Å². The molecule has 0 unspecified atom stereocenters. The molecule has 2 aromatic heterocycles. The first kappa shape index (κ1) is 18.6. The van der Waals surface area contributed by atoms with Gasteiger partial charge in [-0.3, -0.25) is 14.2 Å². The van der Waals surface area contributed by atoms with Gasteiger partial charge in [0.25, 0.3) is 5.56 Å². The number of amides is 1. The zero-order valence-corrected chi connectivity index (χ0v) is 16.5. The van der Waals surface area contributed by atoms with Crippen molar-refractivity contribution in [2.45, 2.75) is 38.6 Å². The maximum atomic E-state index is 13.0. The normalized spacial score (nSPS) is 14.1. The van der Waals surface area contributed by atoms with Gasteiger partial charge in [0.05, 0.1) is 11.7 Å². The number of fused-ring (bicyclic) bond motifs is 1. The molecule has 1 aliphatic rings. The van der Waals surface area contributed by atoms with Gasteiger partial charge in [-0.1, -0.05) is 42.0 Å². The molecule has 0 saturated heterocycles. The van der Waals surface area contributed by atoms with Crippen molar-refractivity contribution in [3.63, 3.8) is 0 Å². The van der Waals surface area contributed by atoms with E-state index in [1.54, 1.807) is 0 Å². The van der Waals surface area contributed by atoms with Gasteiger partial charge in [-0.25, -0.2) is 4.98 Å². The highest BCUT2D eigenvalue weighted by atomic mass is 32.1. The highest BCUT2D eigenvalue weighted by molar-refractivity contribution is 7.17. The standard InChI is InChI=1S/C22H23N3O2S/c26-19(23-12-11-16-7-3-1-4-8-16)13-25-15-24-21-20(22(25)27)18(14-28-21)17-9-5-2-6-10-17/h2,5-7,9-10,14-15H,1,3-4,8,11-13H2,(H,23,26). The Hall–Kier alpha value is -2.73. The van der Waals surface area contributed by atoms with Crippen LogP contribution in [0.2, 0.25) is 0 Å². The molecule has 0 saturated carbocycles. The van der Waals surface area contributed by atoms with E-state index in [4.69, 9.17) is 0 Å². The summed E-state index contributed by atoms with van der Waals surface area (Å²) < 4.78 is 1.40. The van der Waals surface area contributed by atoms with Gasteiger partial charge in [0.1, 0.15) is 11.4 Å². The third-order valence-electron chi connectivity index (χ3n) is 5.11. The van der Waals surface area contributed by atoms with Crippen LogP contribution in [0, 0.1) is 0 Å². The van der Waals surface area contributed by atoms with Gasteiger partial charge in [0, 0.05) is 17.5 Å². The summed E-state index contributed by atoms with van der Waals surface area (Å²) in [5, 5.41) is 5.47. The van der Waals surface area contributed by atoms with Gasteiger partial charge < -0.3 is 5.32 Å². The van der Waals surface area contributed by atoms with Crippen LogP contribution >= 0.6 is 11.3 Å². The SMILES string of the molecule is O=C(Cn1cnc2scc(-c3ccccc3)c2c1=O)NCCC1=CCCCC1. The molecular formula is C22H23N3O2S. The summed E-state index contributed by atoms with van der Waals surface area (Å²) in [7, 11) is 0. The van der Waals surface area contributed by atoms with Crippen LogP contribution in [0.25, 0.3) is 21.3 Å². The van der Waals surface area contributed by atoms with Crippen molar-refractivity contribution < 1.29 is 4.79 Å². The Bertz CT molecular complexity index is 1070. The third kappa shape index (κ3) is 4.07. The number of hydrogen-bond acceptors (Lipinski definition) is 4. The summed E-state index contributed by atoms with van der Waals surface area (Å²) in [5.74, 6) is -0.156. The smallest absolute Gasteiger partial charge is 0.263 e. The molecule has 144 valence electrons. The lowest BCUT2D eigenvalue weighted by molar-refractivity contribution is -0.121. The predicted octanol–water partition coefficient (Wildman–Crippen LogP) is 4.13. The Kier molecular flexibility index (Phi) is 5.67. The fourth-order valence-corrected chi connectivity index (χ4v) is 4.52. The summed E-state index contributed by atoms with van der Waals surface area (Å²) in [5.41, 5.74) is 3.11. The molecule has 4 rings (SSSR count). The molecular weight excluding hydrogens is 370 g/mol. The van der Waals surface area contributed by atoms with Gasteiger partial charge in [-0.2, -0.15) is 0 Å². The summed E-state index contributed by atoms with van der Waals surface area (Å²) in [6, 6.07) is 9.80. The second-order valence-corrected chi connectivity index (χ2v) is 7.94. The highest BCUT2D eigenvalue weighted by Crippen LogP contribution is 2.30. The highest BCUT2D eigenvalue weighted by Gasteiger charge is 2.14. The fraction of sp³-hybridized carbons (Fsp3) is 0.318. The van der Waals surface area contributed by atoms with E-state index in [0.717, 1.165) is 30.4 Å². The van der Waals surface area contributed by atoms with Gasteiger partial charge in [-0.05, 0) is 37.7 Å². The van der Waals surface area contributed by atoms with Crippen molar-refractivity contribution >= 4 is 27.5 Å². The van der Waals surface area contributed by atoms with Crippen LogP contribution in [0.3, 0.4) is 0 Å². The van der Waals surface area contributed by atoms with Crippen LogP contribution < -0.4 is 10.9 Å². The van der Waals surface area contributed by atoms with Crippen molar-refractivity contribution in [2.75, 3.05) is 6.54 Å². The van der Waals surface area contributed by atoms with E-state index in [-0.39, 0.29) is 18.0 Å². The molecule has 0 spiro atoms. The summed E-state index contributed by atoms with van der Waals surface area (Å²) >= 11 is 1.45. The van der Waals surface area contributed by atoms with Crippen molar-refractivity contribution in [1.82, 2.24) is 14.9 Å². The molecule has 0 atom stereocenters. The lowest BCUT2D eigenvalue weighted by Crippen LogP contribution is -2.33. The topological polar surface area (TPSA) is 64.0 Å². The summed E-state index contributed by atoms with van der Waals surface area (Å²) in [6.07, 6.45) is 9.44. The van der Waals surface area contributed by atoms with E-state index in [0.29, 0.717) is 16.8 Å². The molecule has 0 bridgehead atoms. The number of thiophene rings is 1. The van der Waals surface area contributed by atoms with E-state index >= 15 is 0 Å². The molecule has 1 amide bonds. The van der Waals surface area contributed by atoms with Crippen molar-refractivity contribution in [1.29, 1.82) is 0 Å². The van der Waals surface area contributed by atoms with E-state index in [1.807, 2.05) is 35.7 Å². The maximum absolute atomic E-state index is 13.0. The Labute approximate surface area is 167 Å². The molecule has 3 aromatic rings. The fourth-order valence-electron chi connectivity index (χ4n) is 3.62. The summed E-state index contributed by atoms with van der Waals surface area (Å²) in [4.78, 5) is 30.4. The van der Waals surface area contributed by atoms with Gasteiger partial charge >= 0.3 is 0 Å². The number of benzene rings is 1. The minimum absolute atomic E-state index is 0.00903. The number of carbonyl (C=O) groups is 1. The lowest BCUT2D eigenvalue weighted by Gasteiger charge is -2.13. The quantitative estimate of drug-likeness (QED) is 0.641. The molecule has 1 N–H and O–H groups in total. The Morgan fingerprint density at radius 3 is 2.86 bits per heavy atom. The average Bonchev–Trinajstić information content (AvgIpc) is 3.16. The monoisotopic (exact) mass is 393 g/mol. The number of aromatic nitrogens is 2. The number of hydrogen-bond donors (Lipinski definition) is 1. The van der Waals surface area contributed by atoms with Crippen LogP contribution in [0.1, 0.15) is 32.1 Å². The minimum Gasteiger partial charge on any atom is -0.354 e. The Balaban J connectivity index is 1.48. The molecule has 5 nitrogen and oxygen atoms in total. The maximum Gasteiger partial charge on any atom is 0.263 e. The first-order valence-corrected chi connectivity index (χ1v) is 10.6. The van der Waals surface area contributed by atoms with Crippen LogP contribution in [0.5, 0.6) is 0 Å². The van der Waals surface area contributed by atoms with E-state index in [9.17, 15) is 9.59 Å². The van der Waals surface area contributed by atoms with Crippen molar-refractivity contribution in [3.05, 3.63) is 64.0 Å². The molecule has 0 fully saturated rings. The molecule has 1 aromatic carbocycles. The molecule has 0 radical (unpaired) electrons. The molecule has 6 heteroatoms. The molecule has 0 aliphatic heterocycles. The van der Waals surface area contributed by atoms with E-state index in [2.05, 4.69) is 16.4 Å². The second kappa shape index (κ2) is 8.52. The minimum atomic E-state index is -0.171. The zero-order valence-electron chi connectivity index (χ0n) is 15.7. The Morgan fingerprint density at radius 2 is 2.07 bits per heavy atom. The van der Waals surface area contributed by atoms with E-state index < -0.39 is 0 Å². The van der Waals surface area contributed by atoms with Crippen LogP contribution in [-0.2, 0) is 11.3 Å². The predicted molar refractivity (Wildman–Crippen MR) is 113 cm³/mol. The number of carbonyl (C=O) groups excluding carboxylic acids is 1. The first-order valence-electron chi connectivity index (χ1n) is 9.69. The van der Waals surface area contributed by atoms with Crippen molar-refractivity contribution in [3.8, 4) is 11.1 Å².